The van der Waals surface area contributed by atoms with Crippen molar-refractivity contribution in [3.63, 3.8) is 0 Å². The number of phenolic OH excluding ortho intramolecular Hbond substituents is 1. The van der Waals surface area contributed by atoms with Crippen LogP contribution in [0.15, 0.2) is 54.6 Å². The molecule has 0 aromatic heterocycles. The molecular weight excluding hydrogens is 436 g/mol. The fourth-order valence-corrected chi connectivity index (χ4v) is 3.21. The molecule has 0 saturated carbocycles. The lowest BCUT2D eigenvalue weighted by Gasteiger charge is -2.22. The van der Waals surface area contributed by atoms with Crippen molar-refractivity contribution in [2.45, 2.75) is 36.6 Å². The number of carboxylic acids is 2. The topological polar surface area (TPSA) is 153 Å². The van der Waals surface area contributed by atoms with Gasteiger partial charge in [-0.25, -0.2) is 4.79 Å². The Morgan fingerprint density at radius 1 is 0.781 bits per heavy atom. The van der Waals surface area contributed by atoms with Gasteiger partial charge in [0.15, 0.2) is 0 Å². The predicted octanol–water partition coefficient (Wildman–Crippen LogP) is 1.00. The van der Waals surface area contributed by atoms with E-state index < -0.39 is 47.5 Å². The fourth-order valence-electron chi connectivity index (χ4n) is 2.92. The molecule has 2 aromatic rings. The van der Waals surface area contributed by atoms with Crippen LogP contribution < -0.4 is 10.6 Å². The van der Waals surface area contributed by atoms with Crippen molar-refractivity contribution in [3.05, 3.63) is 65.7 Å². The quantitative estimate of drug-likeness (QED) is 0.274. The van der Waals surface area contributed by atoms with Crippen LogP contribution in [0.4, 0.5) is 0 Å². The van der Waals surface area contributed by atoms with Gasteiger partial charge < -0.3 is 26.0 Å². The molecule has 10 heteroatoms. The zero-order chi connectivity index (χ0) is 23.7. The molecule has 0 radical (unpaired) electrons. The van der Waals surface area contributed by atoms with E-state index in [4.69, 9.17) is 5.11 Å². The fraction of sp³-hybridized carbons (Fsp3) is 0.273. The molecule has 0 aliphatic heterocycles. The number of hydrogen-bond acceptors (Lipinski definition) is 6. The molecule has 170 valence electrons. The molecule has 0 saturated heterocycles. The van der Waals surface area contributed by atoms with Crippen LogP contribution in [0.1, 0.15) is 17.5 Å². The third kappa shape index (κ3) is 7.95. The number of benzene rings is 2. The van der Waals surface area contributed by atoms with Gasteiger partial charge in [-0.05, 0) is 29.7 Å². The summed E-state index contributed by atoms with van der Waals surface area (Å²) < 4.78 is 0. The van der Waals surface area contributed by atoms with Gasteiger partial charge in [-0.1, -0.05) is 42.5 Å². The Kier molecular flexibility index (Phi) is 9.08. The van der Waals surface area contributed by atoms with Crippen LogP contribution in [0.25, 0.3) is 0 Å². The molecule has 0 heterocycles. The van der Waals surface area contributed by atoms with Crippen molar-refractivity contribution in [1.82, 2.24) is 10.6 Å². The normalized spacial score (nSPS) is 13.4. The largest absolute Gasteiger partial charge is 0.508 e. The van der Waals surface area contributed by atoms with E-state index in [9.17, 15) is 29.4 Å². The maximum atomic E-state index is 12.6. The molecule has 2 amide bonds. The first kappa shape index (κ1) is 24.7. The Morgan fingerprint density at radius 2 is 1.34 bits per heavy atom. The highest BCUT2D eigenvalue weighted by Gasteiger charge is 2.29. The summed E-state index contributed by atoms with van der Waals surface area (Å²) >= 11 is 4.24. The zero-order valence-corrected chi connectivity index (χ0v) is 17.9. The molecule has 0 spiro atoms. The van der Waals surface area contributed by atoms with Crippen LogP contribution in [0.5, 0.6) is 5.75 Å². The summed E-state index contributed by atoms with van der Waals surface area (Å²) in [7, 11) is 0. The molecular formula is C22H24N2O7S. The second-order valence-corrected chi connectivity index (χ2v) is 7.76. The number of rotatable bonds is 11. The van der Waals surface area contributed by atoms with Crippen LogP contribution in [0.3, 0.4) is 0 Å². The first-order chi connectivity index (χ1) is 15.2. The molecule has 2 rings (SSSR count). The summed E-state index contributed by atoms with van der Waals surface area (Å²) in [4.78, 5) is 47.9. The minimum Gasteiger partial charge on any atom is -0.508 e. The average molecular weight is 461 g/mol. The Labute approximate surface area is 189 Å². The van der Waals surface area contributed by atoms with E-state index in [1.165, 1.54) is 24.3 Å². The number of nitrogens with one attached hydrogen (secondary N) is 2. The van der Waals surface area contributed by atoms with Gasteiger partial charge in [0.05, 0.1) is 11.7 Å². The summed E-state index contributed by atoms with van der Waals surface area (Å²) in [5.74, 6) is -4.25. The maximum absolute atomic E-state index is 12.6. The minimum absolute atomic E-state index is 0.00528. The van der Waals surface area contributed by atoms with Gasteiger partial charge in [0, 0.05) is 6.42 Å². The monoisotopic (exact) mass is 460 g/mol. The Morgan fingerprint density at radius 3 is 1.91 bits per heavy atom. The van der Waals surface area contributed by atoms with Gasteiger partial charge in [-0.2, -0.15) is 12.6 Å². The lowest BCUT2D eigenvalue weighted by molar-refractivity contribution is -0.143. The van der Waals surface area contributed by atoms with Gasteiger partial charge in [0.1, 0.15) is 17.8 Å². The summed E-state index contributed by atoms with van der Waals surface area (Å²) in [5, 5.41) is 31.7. The number of carbonyl (C=O) groups excluding carboxylic acids is 2. The van der Waals surface area contributed by atoms with Crippen molar-refractivity contribution >= 4 is 36.4 Å². The van der Waals surface area contributed by atoms with Crippen molar-refractivity contribution in [3.8, 4) is 5.75 Å². The summed E-state index contributed by atoms with van der Waals surface area (Å²) in [6.45, 7) is 0. The van der Waals surface area contributed by atoms with E-state index in [1.807, 2.05) is 6.07 Å². The van der Waals surface area contributed by atoms with E-state index in [-0.39, 0.29) is 18.6 Å². The van der Waals surface area contributed by atoms with Crippen LogP contribution in [0.2, 0.25) is 0 Å². The van der Waals surface area contributed by atoms with Crippen molar-refractivity contribution in [2.24, 2.45) is 0 Å². The third-order valence-electron chi connectivity index (χ3n) is 4.58. The Balaban J connectivity index is 2.06. The number of carboxylic acid groups (broad SMARTS) is 2. The van der Waals surface area contributed by atoms with Crippen LogP contribution >= 0.6 is 12.6 Å². The van der Waals surface area contributed by atoms with Gasteiger partial charge in [-0.15, -0.1) is 0 Å². The van der Waals surface area contributed by atoms with E-state index in [0.717, 1.165) is 5.56 Å². The molecule has 0 aliphatic carbocycles. The van der Waals surface area contributed by atoms with Crippen LogP contribution in [0, 0.1) is 0 Å². The highest BCUT2D eigenvalue weighted by molar-refractivity contribution is 7.81. The average Bonchev–Trinajstić information content (AvgIpc) is 2.74. The highest BCUT2D eigenvalue weighted by Crippen LogP contribution is 2.12. The van der Waals surface area contributed by atoms with Gasteiger partial charge >= 0.3 is 11.9 Å². The van der Waals surface area contributed by atoms with E-state index in [0.29, 0.717) is 5.56 Å². The highest BCUT2D eigenvalue weighted by atomic mass is 32.1. The number of amides is 2. The molecule has 3 atom stereocenters. The standard InChI is InChI=1S/C22H24N2O7S/c25-15-8-6-14(7-9-15)10-17(22(30)31)24-20(28)16(12-19(26)27)23-21(29)18(32)11-13-4-2-1-3-5-13/h1-9,16-18,25,32H,10-12H2,(H,23,29)(H,24,28)(H,26,27)(H,30,31)/t16-,17-,18-/m0/s1. The number of aliphatic carboxylic acids is 2. The summed E-state index contributed by atoms with van der Waals surface area (Å²) in [6, 6.07) is 11.9. The second-order valence-electron chi connectivity index (χ2n) is 7.13. The van der Waals surface area contributed by atoms with Crippen LogP contribution in [-0.4, -0.2) is 56.4 Å². The van der Waals surface area contributed by atoms with Gasteiger partial charge in [0.2, 0.25) is 11.8 Å². The lowest BCUT2D eigenvalue weighted by Crippen LogP contribution is -2.54. The minimum atomic E-state index is -1.48. The second kappa shape index (κ2) is 11.8. The zero-order valence-electron chi connectivity index (χ0n) is 17.0. The summed E-state index contributed by atoms with van der Waals surface area (Å²) in [5.41, 5.74) is 1.37. The lowest BCUT2D eigenvalue weighted by atomic mass is 10.0. The number of thiol groups is 1. The molecule has 0 bridgehead atoms. The molecule has 0 fully saturated rings. The molecule has 32 heavy (non-hydrogen) atoms. The number of hydrogen-bond donors (Lipinski definition) is 6. The maximum Gasteiger partial charge on any atom is 0.326 e. The number of aromatic hydroxyl groups is 1. The smallest absolute Gasteiger partial charge is 0.326 e. The van der Waals surface area contributed by atoms with Gasteiger partial charge in [-0.3, -0.25) is 14.4 Å². The van der Waals surface area contributed by atoms with E-state index in [1.54, 1.807) is 24.3 Å². The van der Waals surface area contributed by atoms with Gasteiger partial charge in [0.25, 0.3) is 0 Å². The molecule has 5 N–H and O–H groups in total. The number of phenols is 1. The molecule has 9 nitrogen and oxygen atoms in total. The van der Waals surface area contributed by atoms with E-state index >= 15 is 0 Å². The first-order valence-electron chi connectivity index (χ1n) is 9.71. The van der Waals surface area contributed by atoms with Crippen LogP contribution in [-0.2, 0) is 32.0 Å². The molecule has 2 aromatic carbocycles. The number of carbonyl (C=O) groups is 4. The van der Waals surface area contributed by atoms with E-state index in [2.05, 4.69) is 23.3 Å². The third-order valence-corrected chi connectivity index (χ3v) is 4.99. The summed E-state index contributed by atoms with van der Waals surface area (Å²) in [6.07, 6.45) is -0.566. The molecule has 0 unspecified atom stereocenters. The predicted molar refractivity (Wildman–Crippen MR) is 118 cm³/mol. The SMILES string of the molecule is O=C(O)C[C@H](NC(=O)[C@@H](S)Cc1ccccc1)C(=O)N[C@@H](Cc1ccc(O)cc1)C(=O)O. The Bertz CT molecular complexity index is 951. The first-order valence-corrected chi connectivity index (χ1v) is 10.2. The van der Waals surface area contributed by atoms with Crippen molar-refractivity contribution in [1.29, 1.82) is 0 Å². The van der Waals surface area contributed by atoms with Crippen molar-refractivity contribution < 1.29 is 34.5 Å². The Hall–Kier alpha value is -3.53. The molecule has 0 aliphatic rings. The van der Waals surface area contributed by atoms with Crippen molar-refractivity contribution in [2.75, 3.05) is 0 Å².